The van der Waals surface area contributed by atoms with E-state index in [0.717, 1.165) is 43.3 Å². The number of ketones is 1. The summed E-state index contributed by atoms with van der Waals surface area (Å²) in [6.07, 6.45) is 5.20. The molecule has 8 bridgehead atoms. The van der Waals surface area contributed by atoms with E-state index in [1.54, 1.807) is 14.0 Å². The molecule has 55 heavy (non-hydrogen) atoms. The molecule has 6 aliphatic carbocycles. The van der Waals surface area contributed by atoms with Gasteiger partial charge in [0.15, 0.2) is 5.78 Å². The van der Waals surface area contributed by atoms with Crippen molar-refractivity contribution < 1.29 is 44.2 Å². The first-order valence-corrected chi connectivity index (χ1v) is 21.7. The van der Waals surface area contributed by atoms with Crippen molar-refractivity contribution in [1.29, 1.82) is 0 Å². The van der Waals surface area contributed by atoms with E-state index in [2.05, 4.69) is 24.1 Å². The fraction of sp³-hybridized carbons (Fsp3) is 0.864. The molecule has 0 aromatic heterocycles. The summed E-state index contributed by atoms with van der Waals surface area (Å²) in [7, 11) is 1.70. The SMILES string of the molecule is COCCCO[C@H]1CC[C@@]2(C)[C@@H](C1)C(=O)C1=C3[C@]4(O)[C@@H](CC1)C[C@@H]1[C@](C)(O)[C@H](O)[C@H]5O[C@H]6[C@H](C[C@H](N[C@@H]6O)C(=O)N6C[C@H]6CC#C[C@]32[C@H]2CCC[C@@]14C2)[C@H]5C. The molecule has 11 aliphatic rings. The molecule has 5 aliphatic heterocycles. The highest BCUT2D eigenvalue weighted by molar-refractivity contribution is 6.01. The van der Waals surface area contributed by atoms with Crippen molar-refractivity contribution in [2.45, 2.75) is 158 Å². The number of rotatable bonds is 5. The van der Waals surface area contributed by atoms with Gasteiger partial charge in [-0.05, 0) is 124 Å². The van der Waals surface area contributed by atoms with Crippen LogP contribution >= 0.6 is 0 Å². The Morgan fingerprint density at radius 3 is 2.64 bits per heavy atom. The van der Waals surface area contributed by atoms with Crippen LogP contribution in [0.5, 0.6) is 0 Å². The molecular formula is C44H62N2O9. The van der Waals surface area contributed by atoms with E-state index < -0.39 is 63.9 Å². The second-order valence-corrected chi connectivity index (χ2v) is 20.2. The van der Waals surface area contributed by atoms with Crippen molar-refractivity contribution in [3.63, 3.8) is 0 Å². The average Bonchev–Trinajstić information content (AvgIpc) is 3.79. The molecule has 3 saturated heterocycles. The second-order valence-electron chi connectivity index (χ2n) is 20.2. The number of fused-ring (bicyclic) bond motifs is 3. The smallest absolute Gasteiger partial charge is 0.240 e. The van der Waals surface area contributed by atoms with E-state index in [0.29, 0.717) is 71.1 Å². The minimum Gasteiger partial charge on any atom is -0.387 e. The van der Waals surface area contributed by atoms with E-state index in [9.17, 15) is 25.2 Å². The van der Waals surface area contributed by atoms with E-state index in [-0.39, 0.29) is 53.4 Å². The Morgan fingerprint density at radius 1 is 1.02 bits per heavy atom. The Bertz CT molecular complexity index is 1740. The summed E-state index contributed by atoms with van der Waals surface area (Å²) in [4.78, 5) is 31.0. The lowest BCUT2D eigenvalue weighted by Gasteiger charge is -2.71. The molecule has 1 amide bonds. The molecule has 4 saturated carbocycles. The molecule has 0 radical (unpaired) electrons. The van der Waals surface area contributed by atoms with Crippen LogP contribution in [0.25, 0.3) is 0 Å². The Morgan fingerprint density at radius 2 is 1.84 bits per heavy atom. The lowest BCUT2D eigenvalue weighted by Crippen LogP contribution is -2.72. The number of allylic oxidation sites excluding steroid dienone is 1. The third-order valence-electron chi connectivity index (χ3n) is 18.0. The highest BCUT2D eigenvalue weighted by Gasteiger charge is 2.81. The topological polar surface area (TPSA) is 158 Å². The quantitative estimate of drug-likeness (QED) is 0.160. The van der Waals surface area contributed by atoms with Crippen molar-refractivity contribution in [2.24, 2.45) is 51.8 Å². The molecule has 0 aromatic carbocycles. The van der Waals surface area contributed by atoms with Crippen molar-refractivity contribution in [1.82, 2.24) is 10.2 Å². The summed E-state index contributed by atoms with van der Waals surface area (Å²) in [5.41, 5.74) is -3.36. The number of nitrogens with one attached hydrogen (secondary N) is 1. The van der Waals surface area contributed by atoms with Gasteiger partial charge in [0.2, 0.25) is 5.91 Å². The zero-order chi connectivity index (χ0) is 38.4. The second kappa shape index (κ2) is 12.6. The first-order chi connectivity index (χ1) is 26.2. The largest absolute Gasteiger partial charge is 0.387 e. The van der Waals surface area contributed by atoms with Gasteiger partial charge in [-0.15, -0.1) is 5.92 Å². The van der Waals surface area contributed by atoms with Gasteiger partial charge in [-0.2, -0.15) is 0 Å². The monoisotopic (exact) mass is 762 g/mol. The third-order valence-corrected chi connectivity index (χ3v) is 18.0. The van der Waals surface area contributed by atoms with Crippen LogP contribution in [-0.4, -0.2) is 118 Å². The summed E-state index contributed by atoms with van der Waals surface area (Å²) in [6.45, 7) is 7.87. The molecule has 11 heteroatoms. The van der Waals surface area contributed by atoms with Gasteiger partial charge in [-0.3, -0.25) is 14.9 Å². The number of aliphatic hydroxyl groups excluding tert-OH is 2. The van der Waals surface area contributed by atoms with Crippen molar-refractivity contribution in [3.05, 3.63) is 11.1 Å². The Kier molecular flexibility index (Phi) is 8.54. The van der Waals surface area contributed by atoms with Crippen molar-refractivity contribution in [3.8, 4) is 11.8 Å². The number of piperidine rings is 1. The lowest BCUT2D eigenvalue weighted by atomic mass is 9.32. The summed E-state index contributed by atoms with van der Waals surface area (Å²) >= 11 is 0. The molecule has 11 nitrogen and oxygen atoms in total. The van der Waals surface area contributed by atoms with E-state index in [1.807, 2.05) is 11.8 Å². The Labute approximate surface area is 325 Å². The fourth-order valence-corrected chi connectivity index (χ4v) is 15.4. The molecular weight excluding hydrogens is 700 g/mol. The number of Topliss-reactive ketones (excluding diaryl/α,β-unsaturated/α-hetero) is 1. The summed E-state index contributed by atoms with van der Waals surface area (Å²) in [6, 6.07) is -0.601. The number of nitrogens with zero attached hydrogens (tertiary/aromatic N) is 1. The van der Waals surface area contributed by atoms with Crippen LogP contribution in [0.3, 0.4) is 0 Å². The third kappa shape index (κ3) is 4.74. The first kappa shape index (κ1) is 37.4. The number of aliphatic hydroxyl groups is 4. The van der Waals surface area contributed by atoms with Gasteiger partial charge < -0.3 is 39.5 Å². The molecule has 18 atom stereocenters. The highest BCUT2D eigenvalue weighted by Crippen LogP contribution is 2.81. The lowest BCUT2D eigenvalue weighted by molar-refractivity contribution is -0.232. The number of hydrogen-bond donors (Lipinski definition) is 5. The van der Waals surface area contributed by atoms with Gasteiger partial charge in [0.1, 0.15) is 18.4 Å². The maximum Gasteiger partial charge on any atom is 0.240 e. The fourth-order valence-electron chi connectivity index (χ4n) is 15.4. The van der Waals surface area contributed by atoms with Crippen LogP contribution in [0.4, 0.5) is 0 Å². The van der Waals surface area contributed by atoms with E-state index in [4.69, 9.17) is 14.2 Å². The summed E-state index contributed by atoms with van der Waals surface area (Å²) < 4.78 is 18.2. The van der Waals surface area contributed by atoms with Gasteiger partial charge in [0.05, 0.1) is 40.9 Å². The highest BCUT2D eigenvalue weighted by atomic mass is 16.5. The molecule has 0 aromatic rings. The number of carbonyl (C=O) groups is 2. The first-order valence-electron chi connectivity index (χ1n) is 21.7. The standard InChI is InChI=1S/C44H62N2O9/c1-23-29-20-31-39(50)46-22-26(46)9-6-14-43-25-8-5-13-42(21-25)32(41(3,51)37(48)34(23)55-35(29)38(49)45-31)18-24-10-11-28(36(43)44(24,42)52)33(47)30-19-27(12-15-40(30,43)2)54-17-7-16-53-4/h23-27,29-32,34-35,37-38,45,48-49,51-52H,5,7-13,15-22H2,1-4H3/t23-,24+,25+,26-,27+,29-,30+,31+,32-,34+,35+,37-,38-,40+,41+,42-,43+,44-,46?/m1/s1. The Hall–Kier alpha value is -1.88. The zero-order valence-electron chi connectivity index (χ0n) is 33.1. The van der Waals surface area contributed by atoms with Crippen molar-refractivity contribution in [2.75, 3.05) is 26.9 Å². The van der Waals surface area contributed by atoms with Gasteiger partial charge in [0, 0.05) is 44.6 Å². The molecule has 0 unspecified atom stereocenters. The number of hydrogen-bond acceptors (Lipinski definition) is 10. The molecule has 2 spiro atoms. The van der Waals surface area contributed by atoms with E-state index in [1.165, 1.54) is 0 Å². The summed E-state index contributed by atoms with van der Waals surface area (Å²) in [5.74, 6) is 6.49. The Balaban J connectivity index is 1.13. The predicted molar refractivity (Wildman–Crippen MR) is 200 cm³/mol. The maximum atomic E-state index is 15.2. The number of carbonyl (C=O) groups excluding carboxylic acids is 2. The summed E-state index contributed by atoms with van der Waals surface area (Å²) in [5, 5.41) is 53.8. The van der Waals surface area contributed by atoms with E-state index >= 15 is 4.79 Å². The molecule has 5 N–H and O–H groups in total. The average molecular weight is 763 g/mol. The number of ether oxygens (including phenoxy) is 3. The van der Waals surface area contributed by atoms with Gasteiger partial charge in [0.25, 0.3) is 0 Å². The molecule has 5 heterocycles. The van der Waals surface area contributed by atoms with Gasteiger partial charge >= 0.3 is 0 Å². The maximum absolute atomic E-state index is 15.2. The van der Waals surface area contributed by atoms with Crippen LogP contribution in [0.15, 0.2) is 11.1 Å². The molecule has 7 fully saturated rings. The normalized spacial score (nSPS) is 54.7. The number of amides is 1. The van der Waals surface area contributed by atoms with Crippen LogP contribution in [0, 0.1) is 63.6 Å². The van der Waals surface area contributed by atoms with Crippen LogP contribution in [0.1, 0.15) is 104 Å². The number of methoxy groups -OCH3 is 1. The minimum absolute atomic E-state index is 0.0283. The van der Waals surface area contributed by atoms with Crippen LogP contribution in [-0.2, 0) is 23.8 Å². The predicted octanol–water partition coefficient (Wildman–Crippen LogP) is 2.86. The molecule has 11 rings (SSSR count). The van der Waals surface area contributed by atoms with Crippen LogP contribution < -0.4 is 5.32 Å². The zero-order valence-corrected chi connectivity index (χ0v) is 33.1. The van der Waals surface area contributed by atoms with Gasteiger partial charge in [-0.1, -0.05) is 26.2 Å². The minimum atomic E-state index is -1.64. The van der Waals surface area contributed by atoms with Crippen molar-refractivity contribution >= 4 is 11.7 Å². The van der Waals surface area contributed by atoms with Gasteiger partial charge in [-0.25, -0.2) is 0 Å². The molecule has 302 valence electrons. The van der Waals surface area contributed by atoms with Crippen LogP contribution in [0.2, 0.25) is 0 Å².